The zero-order chi connectivity index (χ0) is 6.57. The highest BCUT2D eigenvalue weighted by Crippen LogP contribution is 1.92. The van der Waals surface area contributed by atoms with E-state index in [1.165, 1.54) is 0 Å². The van der Waals surface area contributed by atoms with Gasteiger partial charge in [0.15, 0.2) is 0 Å². The molecule has 8 heavy (non-hydrogen) atoms. The van der Waals surface area contributed by atoms with Crippen LogP contribution in [0.1, 0.15) is 13.3 Å². The van der Waals surface area contributed by atoms with Gasteiger partial charge in [-0.1, -0.05) is 6.92 Å². The molecule has 0 aliphatic heterocycles. The van der Waals surface area contributed by atoms with Crippen LogP contribution in [0.4, 0.5) is 0 Å². The molecule has 0 aliphatic rings. The highest BCUT2D eigenvalue weighted by atomic mass is 16.3. The van der Waals surface area contributed by atoms with E-state index in [2.05, 4.69) is 0 Å². The number of nitrogens with zero attached hydrogens (tertiary/aromatic N) is 1. The SMILES string of the molecule is CCC(O)C(N)C#N. The third-order valence-electron chi connectivity index (χ3n) is 0.982. The zero-order valence-electron chi connectivity index (χ0n) is 4.83. The standard InChI is InChI=1S/C5H10N2O/c1-2-5(8)4(7)3-6/h4-5,8H,2,7H2,1H3. The second kappa shape index (κ2) is 3.42. The van der Waals surface area contributed by atoms with E-state index in [4.69, 9.17) is 16.1 Å². The zero-order valence-corrected chi connectivity index (χ0v) is 4.83. The van der Waals surface area contributed by atoms with Crippen LogP contribution in [-0.4, -0.2) is 17.3 Å². The molecule has 46 valence electrons. The maximum atomic E-state index is 8.78. The quantitative estimate of drug-likeness (QED) is 0.513. The maximum Gasteiger partial charge on any atom is 0.119 e. The fourth-order valence-corrected chi connectivity index (χ4v) is 0.340. The summed E-state index contributed by atoms with van der Waals surface area (Å²) in [5.41, 5.74) is 5.12. The van der Waals surface area contributed by atoms with E-state index in [0.717, 1.165) is 0 Å². The molecule has 0 saturated heterocycles. The minimum Gasteiger partial charge on any atom is -0.390 e. The van der Waals surface area contributed by atoms with E-state index in [1.807, 2.05) is 0 Å². The smallest absolute Gasteiger partial charge is 0.119 e. The van der Waals surface area contributed by atoms with Gasteiger partial charge in [-0.15, -0.1) is 0 Å². The average Bonchev–Trinajstić information content (AvgIpc) is 1.84. The Hall–Kier alpha value is -0.590. The molecule has 0 aromatic rings. The molecule has 0 radical (unpaired) electrons. The number of rotatable bonds is 2. The van der Waals surface area contributed by atoms with Gasteiger partial charge in [-0.2, -0.15) is 5.26 Å². The van der Waals surface area contributed by atoms with Crippen LogP contribution in [0.2, 0.25) is 0 Å². The van der Waals surface area contributed by atoms with Gasteiger partial charge in [0.2, 0.25) is 0 Å². The van der Waals surface area contributed by atoms with Crippen LogP contribution in [0.5, 0.6) is 0 Å². The van der Waals surface area contributed by atoms with Gasteiger partial charge in [-0.25, -0.2) is 0 Å². The molecule has 3 nitrogen and oxygen atoms in total. The summed E-state index contributed by atoms with van der Waals surface area (Å²) in [7, 11) is 0. The molecule has 0 rings (SSSR count). The van der Waals surface area contributed by atoms with Crippen LogP contribution >= 0.6 is 0 Å². The molecule has 3 heteroatoms. The number of aliphatic hydroxyl groups is 1. The Kier molecular flexibility index (Phi) is 3.16. The molecule has 0 saturated carbocycles. The second-order valence-electron chi connectivity index (χ2n) is 1.63. The van der Waals surface area contributed by atoms with E-state index in [0.29, 0.717) is 6.42 Å². The molecular formula is C5H10N2O. The Morgan fingerprint density at radius 1 is 1.88 bits per heavy atom. The molecule has 0 heterocycles. The van der Waals surface area contributed by atoms with Crippen molar-refractivity contribution in [3.05, 3.63) is 0 Å². The van der Waals surface area contributed by atoms with Gasteiger partial charge >= 0.3 is 0 Å². The van der Waals surface area contributed by atoms with Crippen LogP contribution in [0.15, 0.2) is 0 Å². The topological polar surface area (TPSA) is 70.0 Å². The molecule has 0 bridgehead atoms. The van der Waals surface area contributed by atoms with E-state index in [9.17, 15) is 0 Å². The Morgan fingerprint density at radius 2 is 2.38 bits per heavy atom. The summed E-state index contributed by atoms with van der Waals surface area (Å²) in [5, 5.41) is 16.9. The number of aliphatic hydroxyl groups excluding tert-OH is 1. The van der Waals surface area contributed by atoms with Gasteiger partial charge in [0.1, 0.15) is 6.04 Å². The first-order valence-electron chi connectivity index (χ1n) is 2.55. The van der Waals surface area contributed by atoms with Crippen molar-refractivity contribution in [3.63, 3.8) is 0 Å². The summed E-state index contributed by atoms with van der Waals surface area (Å²) in [6, 6.07) is 1.02. The fourth-order valence-electron chi connectivity index (χ4n) is 0.340. The van der Waals surface area contributed by atoms with Crippen molar-refractivity contribution in [2.75, 3.05) is 0 Å². The van der Waals surface area contributed by atoms with Crippen LogP contribution in [0.25, 0.3) is 0 Å². The molecule has 0 aromatic heterocycles. The average molecular weight is 114 g/mol. The lowest BCUT2D eigenvalue weighted by molar-refractivity contribution is 0.158. The molecule has 0 spiro atoms. The highest BCUT2D eigenvalue weighted by Gasteiger charge is 2.09. The van der Waals surface area contributed by atoms with Crippen molar-refractivity contribution in [2.24, 2.45) is 5.73 Å². The first kappa shape index (κ1) is 7.41. The van der Waals surface area contributed by atoms with Crippen molar-refractivity contribution >= 4 is 0 Å². The Labute approximate surface area is 48.7 Å². The van der Waals surface area contributed by atoms with Crippen LogP contribution in [0.3, 0.4) is 0 Å². The summed E-state index contributed by atoms with van der Waals surface area (Å²) in [6.45, 7) is 1.78. The first-order valence-corrected chi connectivity index (χ1v) is 2.55. The lowest BCUT2D eigenvalue weighted by atomic mass is 10.1. The molecular weight excluding hydrogens is 104 g/mol. The van der Waals surface area contributed by atoms with Crippen LogP contribution in [0, 0.1) is 11.3 Å². The van der Waals surface area contributed by atoms with E-state index in [1.54, 1.807) is 13.0 Å². The lowest BCUT2D eigenvalue weighted by Gasteiger charge is -2.07. The number of hydrogen-bond donors (Lipinski definition) is 2. The molecule has 0 aliphatic carbocycles. The third kappa shape index (κ3) is 1.92. The molecule has 0 fully saturated rings. The number of nitriles is 1. The van der Waals surface area contributed by atoms with E-state index in [-0.39, 0.29) is 0 Å². The molecule has 3 N–H and O–H groups in total. The van der Waals surface area contributed by atoms with Crippen LogP contribution in [-0.2, 0) is 0 Å². The summed E-state index contributed by atoms with van der Waals surface area (Å²) >= 11 is 0. The van der Waals surface area contributed by atoms with Crippen molar-refractivity contribution in [2.45, 2.75) is 25.5 Å². The van der Waals surface area contributed by atoms with Gasteiger partial charge in [0, 0.05) is 0 Å². The number of nitrogens with two attached hydrogens (primary N) is 1. The van der Waals surface area contributed by atoms with Gasteiger partial charge in [0.25, 0.3) is 0 Å². The minimum absolute atomic E-state index is 0.536. The number of hydrogen-bond acceptors (Lipinski definition) is 3. The Morgan fingerprint density at radius 3 is 2.50 bits per heavy atom. The molecule has 2 atom stereocenters. The van der Waals surface area contributed by atoms with Crippen molar-refractivity contribution < 1.29 is 5.11 Å². The fraction of sp³-hybridized carbons (Fsp3) is 0.800. The Balaban J connectivity index is 3.49. The highest BCUT2D eigenvalue weighted by molar-refractivity contribution is 4.91. The summed E-state index contributed by atoms with van der Waals surface area (Å²) in [4.78, 5) is 0. The Bertz CT molecular complexity index is 97.1. The summed E-state index contributed by atoms with van der Waals surface area (Å²) in [5.74, 6) is 0. The van der Waals surface area contributed by atoms with E-state index < -0.39 is 12.1 Å². The summed E-state index contributed by atoms with van der Waals surface area (Å²) in [6.07, 6.45) is -0.130. The van der Waals surface area contributed by atoms with Gasteiger partial charge in [0.05, 0.1) is 12.2 Å². The van der Waals surface area contributed by atoms with Gasteiger partial charge < -0.3 is 10.8 Å². The van der Waals surface area contributed by atoms with Crippen molar-refractivity contribution in [3.8, 4) is 6.07 Å². The summed E-state index contributed by atoms with van der Waals surface area (Å²) < 4.78 is 0. The monoisotopic (exact) mass is 114 g/mol. The predicted octanol–water partition coefficient (Wildman–Crippen LogP) is -0.392. The van der Waals surface area contributed by atoms with Gasteiger partial charge in [-0.05, 0) is 6.42 Å². The normalized spacial score (nSPS) is 16.8. The first-order chi connectivity index (χ1) is 3.72. The van der Waals surface area contributed by atoms with Gasteiger partial charge in [-0.3, -0.25) is 0 Å². The largest absolute Gasteiger partial charge is 0.390 e. The minimum atomic E-state index is -0.722. The van der Waals surface area contributed by atoms with Crippen molar-refractivity contribution in [1.82, 2.24) is 0 Å². The molecule has 2 unspecified atom stereocenters. The van der Waals surface area contributed by atoms with E-state index >= 15 is 0 Å². The molecule has 0 amide bonds. The lowest BCUT2D eigenvalue weighted by Crippen LogP contribution is -2.32. The second-order valence-corrected chi connectivity index (χ2v) is 1.63. The van der Waals surface area contributed by atoms with Crippen LogP contribution < -0.4 is 5.73 Å². The third-order valence-corrected chi connectivity index (χ3v) is 0.982. The maximum absolute atomic E-state index is 8.78. The predicted molar refractivity (Wildman–Crippen MR) is 29.9 cm³/mol. The molecule has 0 aromatic carbocycles. The van der Waals surface area contributed by atoms with Crippen molar-refractivity contribution in [1.29, 1.82) is 5.26 Å².